The van der Waals surface area contributed by atoms with Gasteiger partial charge in [-0.05, 0) is 39.0 Å². The number of nitrogens with zero attached hydrogens (tertiary/aromatic N) is 1. The maximum Gasteiger partial charge on any atom is 0.235 e. The van der Waals surface area contributed by atoms with E-state index in [9.17, 15) is 9.00 Å². The summed E-state index contributed by atoms with van der Waals surface area (Å²) in [5, 5.41) is 0. The zero-order valence-corrected chi connectivity index (χ0v) is 12.4. The molecule has 0 saturated heterocycles. The fraction of sp³-hybridized carbons (Fsp3) is 0.923. The minimum atomic E-state index is -1.03. The fourth-order valence-corrected chi connectivity index (χ4v) is 3.75. The molecule has 3 unspecified atom stereocenters. The molecule has 0 aromatic carbocycles. The Morgan fingerprint density at radius 1 is 1.33 bits per heavy atom. The summed E-state index contributed by atoms with van der Waals surface area (Å²) in [4.78, 5) is 13.5. The van der Waals surface area contributed by atoms with Crippen molar-refractivity contribution >= 4 is 16.7 Å². The average molecular weight is 274 g/mol. The van der Waals surface area contributed by atoms with Crippen molar-refractivity contribution in [2.45, 2.75) is 45.6 Å². The van der Waals surface area contributed by atoms with Crippen LogP contribution in [0.4, 0.5) is 0 Å². The number of carbonyl (C=O) groups is 1. The van der Waals surface area contributed by atoms with Crippen molar-refractivity contribution in [1.82, 2.24) is 4.90 Å². The summed E-state index contributed by atoms with van der Waals surface area (Å²) in [7, 11) is -1.03. The molecule has 3 atom stereocenters. The third-order valence-corrected chi connectivity index (χ3v) is 5.09. The van der Waals surface area contributed by atoms with Crippen LogP contribution in [0.15, 0.2) is 0 Å². The van der Waals surface area contributed by atoms with Gasteiger partial charge in [0, 0.05) is 35.7 Å². The Morgan fingerprint density at radius 2 is 2.00 bits per heavy atom. The van der Waals surface area contributed by atoms with Gasteiger partial charge in [-0.15, -0.1) is 0 Å². The van der Waals surface area contributed by atoms with E-state index in [-0.39, 0.29) is 17.7 Å². The molecule has 4 nitrogen and oxygen atoms in total. The van der Waals surface area contributed by atoms with Crippen LogP contribution in [-0.2, 0) is 15.6 Å². The quantitative estimate of drug-likeness (QED) is 0.756. The minimum Gasteiger partial charge on any atom is -0.342 e. The first-order chi connectivity index (χ1) is 8.58. The van der Waals surface area contributed by atoms with Gasteiger partial charge in [0.1, 0.15) is 5.75 Å². The van der Waals surface area contributed by atoms with Crippen molar-refractivity contribution in [3.8, 4) is 0 Å². The van der Waals surface area contributed by atoms with Crippen LogP contribution < -0.4 is 5.73 Å². The van der Waals surface area contributed by atoms with Crippen LogP contribution in [0.5, 0.6) is 0 Å². The predicted octanol–water partition coefficient (Wildman–Crippen LogP) is 1.12. The van der Waals surface area contributed by atoms with Gasteiger partial charge in [0.2, 0.25) is 5.91 Å². The first kappa shape index (κ1) is 15.6. The highest BCUT2D eigenvalue weighted by Gasteiger charge is 2.24. The van der Waals surface area contributed by atoms with Crippen LogP contribution in [0.3, 0.4) is 0 Å². The lowest BCUT2D eigenvalue weighted by atomic mass is 10.0. The van der Waals surface area contributed by atoms with E-state index < -0.39 is 10.8 Å². The first-order valence-corrected chi connectivity index (χ1v) is 8.45. The molecule has 1 aliphatic rings. The number of nitrogens with two attached hydrogens (primary N) is 1. The molecule has 2 N–H and O–H groups in total. The molecular weight excluding hydrogens is 248 g/mol. The largest absolute Gasteiger partial charge is 0.342 e. The molecule has 0 aliphatic heterocycles. The Balaban J connectivity index is 2.26. The Hall–Kier alpha value is -0.420. The molecule has 0 bridgehead atoms. The third kappa shape index (κ3) is 4.69. The minimum absolute atomic E-state index is 0.00838. The summed E-state index contributed by atoms with van der Waals surface area (Å²) in [5.74, 6) is 1.31. The topological polar surface area (TPSA) is 63.4 Å². The Bertz CT molecular complexity index is 293. The highest BCUT2D eigenvalue weighted by Crippen LogP contribution is 2.26. The summed E-state index contributed by atoms with van der Waals surface area (Å²) in [5.41, 5.74) is 5.98. The van der Waals surface area contributed by atoms with Gasteiger partial charge in [0.25, 0.3) is 0 Å². The van der Waals surface area contributed by atoms with E-state index in [2.05, 4.69) is 0 Å². The molecular formula is C13H26N2O2S. The fourth-order valence-electron chi connectivity index (χ4n) is 2.58. The molecule has 106 valence electrons. The van der Waals surface area contributed by atoms with Crippen LogP contribution in [0.2, 0.25) is 0 Å². The molecule has 0 aromatic heterocycles. The third-order valence-electron chi connectivity index (χ3n) is 3.83. The molecule has 1 aliphatic carbocycles. The summed E-state index contributed by atoms with van der Waals surface area (Å²) in [6, 6.07) is 0.278. The van der Waals surface area contributed by atoms with E-state index in [4.69, 9.17) is 5.73 Å². The van der Waals surface area contributed by atoms with Crippen molar-refractivity contribution in [3.63, 3.8) is 0 Å². The molecule has 0 spiro atoms. The highest BCUT2D eigenvalue weighted by atomic mass is 32.2. The van der Waals surface area contributed by atoms with Gasteiger partial charge in [0.15, 0.2) is 0 Å². The molecule has 0 heterocycles. The van der Waals surface area contributed by atoms with Gasteiger partial charge >= 0.3 is 0 Å². The number of hydrogen-bond acceptors (Lipinski definition) is 3. The molecule has 0 radical (unpaired) electrons. The Labute approximate surface area is 113 Å². The molecule has 1 rings (SSSR count). The maximum atomic E-state index is 11.9. The van der Waals surface area contributed by atoms with E-state index in [1.165, 1.54) is 6.42 Å². The highest BCUT2D eigenvalue weighted by molar-refractivity contribution is 7.85. The van der Waals surface area contributed by atoms with E-state index in [0.29, 0.717) is 24.8 Å². The molecule has 1 saturated carbocycles. The molecule has 18 heavy (non-hydrogen) atoms. The van der Waals surface area contributed by atoms with Crippen molar-refractivity contribution in [1.29, 1.82) is 0 Å². The van der Waals surface area contributed by atoms with Crippen LogP contribution in [-0.4, -0.2) is 45.7 Å². The van der Waals surface area contributed by atoms with Crippen LogP contribution in [0, 0.1) is 5.92 Å². The normalized spacial score (nSPS) is 25.1. The molecule has 1 amide bonds. The van der Waals surface area contributed by atoms with Gasteiger partial charge in [-0.3, -0.25) is 9.00 Å². The Morgan fingerprint density at radius 3 is 2.50 bits per heavy atom. The smallest absolute Gasteiger partial charge is 0.235 e. The van der Waals surface area contributed by atoms with Gasteiger partial charge < -0.3 is 10.6 Å². The lowest BCUT2D eigenvalue weighted by Gasteiger charge is -2.19. The zero-order valence-electron chi connectivity index (χ0n) is 11.6. The number of amides is 1. The van der Waals surface area contributed by atoms with Crippen LogP contribution in [0.25, 0.3) is 0 Å². The second-order valence-corrected chi connectivity index (χ2v) is 6.57. The van der Waals surface area contributed by atoms with Crippen LogP contribution in [0.1, 0.15) is 39.5 Å². The SMILES string of the molecule is CCN(CC)C(=O)CS(=O)CCC1CCCC1N. The molecule has 0 aromatic rings. The van der Waals surface area contributed by atoms with Crippen molar-refractivity contribution < 1.29 is 9.00 Å². The predicted molar refractivity (Wildman–Crippen MR) is 75.7 cm³/mol. The molecule has 5 heteroatoms. The van der Waals surface area contributed by atoms with Crippen molar-refractivity contribution in [3.05, 3.63) is 0 Å². The second kappa shape index (κ2) is 7.89. The van der Waals surface area contributed by atoms with Gasteiger partial charge in [-0.1, -0.05) is 6.42 Å². The monoisotopic (exact) mass is 274 g/mol. The van der Waals surface area contributed by atoms with Crippen molar-refractivity contribution in [2.75, 3.05) is 24.6 Å². The van der Waals surface area contributed by atoms with E-state index >= 15 is 0 Å². The first-order valence-electron chi connectivity index (χ1n) is 6.96. The number of hydrogen-bond donors (Lipinski definition) is 1. The lowest BCUT2D eigenvalue weighted by Crippen LogP contribution is -2.34. The second-order valence-electron chi connectivity index (χ2n) is 5.00. The van der Waals surface area contributed by atoms with Gasteiger partial charge in [0.05, 0.1) is 0 Å². The summed E-state index contributed by atoms with van der Waals surface area (Å²) < 4.78 is 11.9. The standard InChI is InChI=1S/C13H26N2O2S/c1-3-15(4-2)13(16)10-18(17)9-8-11-6-5-7-12(11)14/h11-12H,3-10,14H2,1-2H3. The van der Waals surface area contributed by atoms with E-state index in [1.54, 1.807) is 4.90 Å². The Kier molecular flexibility index (Phi) is 6.86. The van der Waals surface area contributed by atoms with Gasteiger partial charge in [-0.25, -0.2) is 0 Å². The van der Waals surface area contributed by atoms with E-state index in [1.807, 2.05) is 13.8 Å². The van der Waals surface area contributed by atoms with Gasteiger partial charge in [-0.2, -0.15) is 0 Å². The zero-order chi connectivity index (χ0) is 13.5. The van der Waals surface area contributed by atoms with Crippen LogP contribution >= 0.6 is 0 Å². The summed E-state index contributed by atoms with van der Waals surface area (Å²) in [6.07, 6.45) is 4.34. The maximum absolute atomic E-state index is 11.9. The average Bonchev–Trinajstić information content (AvgIpc) is 2.74. The van der Waals surface area contributed by atoms with Crippen molar-refractivity contribution in [2.24, 2.45) is 11.7 Å². The number of rotatable bonds is 7. The summed E-state index contributed by atoms with van der Waals surface area (Å²) >= 11 is 0. The number of carbonyl (C=O) groups excluding carboxylic acids is 1. The summed E-state index contributed by atoms with van der Waals surface area (Å²) in [6.45, 7) is 5.28. The lowest BCUT2D eigenvalue weighted by molar-refractivity contribution is -0.128. The van der Waals surface area contributed by atoms with E-state index in [0.717, 1.165) is 19.3 Å². The molecule has 1 fully saturated rings.